The summed E-state index contributed by atoms with van der Waals surface area (Å²) in [5.41, 5.74) is 1.15. The highest BCUT2D eigenvalue weighted by Crippen LogP contribution is 2.21. The smallest absolute Gasteiger partial charge is 0.224 e. The molecule has 2 rings (SSSR count). The number of hydrogen-bond acceptors (Lipinski definition) is 3. The molecule has 0 bridgehead atoms. The Hall–Kier alpha value is -1.40. The lowest BCUT2D eigenvalue weighted by Gasteiger charge is -2.32. The summed E-state index contributed by atoms with van der Waals surface area (Å²) in [7, 11) is -3.31. The van der Waals surface area contributed by atoms with Crippen molar-refractivity contribution in [2.24, 2.45) is 11.8 Å². The van der Waals surface area contributed by atoms with Gasteiger partial charge >= 0.3 is 0 Å². The number of carbonyl (C=O) groups excluding carboxylic acids is 1. The van der Waals surface area contributed by atoms with Crippen LogP contribution in [0, 0.1) is 11.8 Å². The standard InChI is InChI=1S/C20H32N2O3S/c1-16(2)17(3)21-20(23)19-12-7-13-22(15-19)26(24,25)14-8-11-18-9-5-4-6-10-18/h4-6,9-10,16-17,19H,7-8,11-15H2,1-3H3,(H,21,23)/t17-,19+/m0/s1. The Balaban J connectivity index is 1.87. The predicted octanol–water partition coefficient (Wildman–Crippen LogP) is 2.82. The molecule has 1 amide bonds. The number of nitrogens with zero attached hydrogens (tertiary/aromatic N) is 1. The van der Waals surface area contributed by atoms with Gasteiger partial charge in [0.15, 0.2) is 0 Å². The number of piperidine rings is 1. The van der Waals surface area contributed by atoms with E-state index in [9.17, 15) is 13.2 Å². The van der Waals surface area contributed by atoms with Gasteiger partial charge in [-0.3, -0.25) is 4.79 Å². The predicted molar refractivity (Wildman–Crippen MR) is 105 cm³/mol. The molecule has 1 saturated heterocycles. The van der Waals surface area contributed by atoms with Crippen LogP contribution in [0.15, 0.2) is 30.3 Å². The topological polar surface area (TPSA) is 66.5 Å². The fraction of sp³-hybridized carbons (Fsp3) is 0.650. The molecule has 1 aliphatic heterocycles. The molecule has 1 heterocycles. The lowest BCUT2D eigenvalue weighted by atomic mass is 9.97. The van der Waals surface area contributed by atoms with Crippen LogP contribution < -0.4 is 5.32 Å². The van der Waals surface area contributed by atoms with Gasteiger partial charge in [0.05, 0.1) is 11.7 Å². The number of sulfonamides is 1. The van der Waals surface area contributed by atoms with E-state index in [0.717, 1.165) is 24.8 Å². The summed E-state index contributed by atoms with van der Waals surface area (Å²) >= 11 is 0. The van der Waals surface area contributed by atoms with Crippen molar-refractivity contribution in [1.29, 1.82) is 0 Å². The van der Waals surface area contributed by atoms with Crippen molar-refractivity contribution < 1.29 is 13.2 Å². The summed E-state index contributed by atoms with van der Waals surface area (Å²) in [4.78, 5) is 12.5. The molecule has 0 aromatic heterocycles. The molecule has 146 valence electrons. The van der Waals surface area contributed by atoms with Gasteiger partial charge in [0, 0.05) is 19.1 Å². The fourth-order valence-corrected chi connectivity index (χ4v) is 4.73. The van der Waals surface area contributed by atoms with Crippen molar-refractivity contribution in [3.63, 3.8) is 0 Å². The van der Waals surface area contributed by atoms with Gasteiger partial charge in [-0.05, 0) is 44.1 Å². The lowest BCUT2D eigenvalue weighted by molar-refractivity contribution is -0.127. The van der Waals surface area contributed by atoms with Crippen LogP contribution in [0.25, 0.3) is 0 Å². The van der Waals surface area contributed by atoms with E-state index in [-0.39, 0.29) is 23.6 Å². The fourth-order valence-electron chi connectivity index (χ4n) is 3.15. The molecule has 1 N–H and O–H groups in total. The number of nitrogens with one attached hydrogen (secondary N) is 1. The summed E-state index contributed by atoms with van der Waals surface area (Å²) in [5.74, 6) is 0.239. The minimum absolute atomic E-state index is 0.0182. The molecule has 0 spiro atoms. The highest BCUT2D eigenvalue weighted by Gasteiger charge is 2.32. The van der Waals surface area contributed by atoms with E-state index in [1.54, 1.807) is 0 Å². The maximum Gasteiger partial charge on any atom is 0.224 e. The number of amides is 1. The second kappa shape index (κ2) is 9.51. The van der Waals surface area contributed by atoms with Crippen LogP contribution in [0.3, 0.4) is 0 Å². The van der Waals surface area contributed by atoms with Crippen LogP contribution in [-0.2, 0) is 21.2 Å². The third-order valence-electron chi connectivity index (χ3n) is 5.23. The Morgan fingerprint density at radius 2 is 1.92 bits per heavy atom. The molecule has 0 aliphatic carbocycles. The summed E-state index contributed by atoms with van der Waals surface area (Å²) in [6, 6.07) is 10.0. The van der Waals surface area contributed by atoms with Crippen LogP contribution in [0.5, 0.6) is 0 Å². The van der Waals surface area contributed by atoms with Gasteiger partial charge in [-0.2, -0.15) is 0 Å². The van der Waals surface area contributed by atoms with Crippen molar-refractivity contribution >= 4 is 15.9 Å². The van der Waals surface area contributed by atoms with Crippen LogP contribution in [-0.4, -0.2) is 43.5 Å². The van der Waals surface area contributed by atoms with Gasteiger partial charge < -0.3 is 5.32 Å². The van der Waals surface area contributed by atoms with Gasteiger partial charge in [0.25, 0.3) is 0 Å². The highest BCUT2D eigenvalue weighted by atomic mass is 32.2. The number of aryl methyl sites for hydroxylation is 1. The van der Waals surface area contributed by atoms with E-state index >= 15 is 0 Å². The number of hydrogen-bond donors (Lipinski definition) is 1. The SMILES string of the molecule is CC(C)[C@H](C)NC(=O)[C@@H]1CCCN(S(=O)(=O)CCCc2ccccc2)C1. The maximum absolute atomic E-state index is 12.7. The van der Waals surface area contributed by atoms with Crippen molar-refractivity contribution in [3.05, 3.63) is 35.9 Å². The van der Waals surface area contributed by atoms with Crippen molar-refractivity contribution in [3.8, 4) is 0 Å². The maximum atomic E-state index is 12.7. The van der Waals surface area contributed by atoms with Crippen molar-refractivity contribution in [1.82, 2.24) is 9.62 Å². The van der Waals surface area contributed by atoms with Gasteiger partial charge in [0.2, 0.25) is 15.9 Å². The zero-order valence-corrected chi connectivity index (χ0v) is 17.0. The Morgan fingerprint density at radius 3 is 2.58 bits per heavy atom. The summed E-state index contributed by atoms with van der Waals surface area (Å²) < 4.78 is 26.9. The minimum Gasteiger partial charge on any atom is -0.353 e. The first kappa shape index (κ1) is 20.9. The number of carbonyl (C=O) groups is 1. The normalized spacial score (nSPS) is 20.1. The minimum atomic E-state index is -3.31. The molecule has 26 heavy (non-hydrogen) atoms. The summed E-state index contributed by atoms with van der Waals surface area (Å²) in [6.07, 6.45) is 2.85. The van der Waals surface area contributed by atoms with Gasteiger partial charge in [0.1, 0.15) is 0 Å². The van der Waals surface area contributed by atoms with E-state index in [2.05, 4.69) is 19.2 Å². The Labute approximate surface area is 158 Å². The molecule has 0 unspecified atom stereocenters. The molecule has 0 radical (unpaired) electrons. The monoisotopic (exact) mass is 380 g/mol. The third-order valence-corrected chi connectivity index (χ3v) is 7.15. The molecule has 0 saturated carbocycles. The van der Waals surface area contributed by atoms with Gasteiger partial charge in [-0.25, -0.2) is 12.7 Å². The molecular formula is C20H32N2O3S. The molecule has 2 atom stereocenters. The van der Waals surface area contributed by atoms with Crippen LogP contribution >= 0.6 is 0 Å². The highest BCUT2D eigenvalue weighted by molar-refractivity contribution is 7.89. The summed E-state index contributed by atoms with van der Waals surface area (Å²) in [6.45, 7) is 6.95. The van der Waals surface area contributed by atoms with Gasteiger partial charge in [-0.15, -0.1) is 0 Å². The van der Waals surface area contributed by atoms with E-state index in [1.165, 1.54) is 4.31 Å². The molecular weight excluding hydrogens is 348 g/mol. The second-order valence-corrected chi connectivity index (χ2v) is 9.73. The van der Waals surface area contributed by atoms with E-state index in [4.69, 9.17) is 0 Å². The van der Waals surface area contributed by atoms with E-state index in [1.807, 2.05) is 37.3 Å². The van der Waals surface area contributed by atoms with Gasteiger partial charge in [-0.1, -0.05) is 44.2 Å². The lowest BCUT2D eigenvalue weighted by Crippen LogP contribution is -2.48. The molecule has 1 aromatic rings. The largest absolute Gasteiger partial charge is 0.353 e. The molecule has 1 aromatic carbocycles. The van der Waals surface area contributed by atoms with E-state index in [0.29, 0.717) is 25.4 Å². The summed E-state index contributed by atoms with van der Waals surface area (Å²) in [5, 5.41) is 3.03. The van der Waals surface area contributed by atoms with Crippen molar-refractivity contribution in [2.45, 2.75) is 52.5 Å². The Morgan fingerprint density at radius 1 is 1.23 bits per heavy atom. The number of benzene rings is 1. The Kier molecular flexibility index (Phi) is 7.65. The third kappa shape index (κ3) is 6.09. The quantitative estimate of drug-likeness (QED) is 0.754. The van der Waals surface area contributed by atoms with Crippen molar-refractivity contribution in [2.75, 3.05) is 18.8 Å². The first-order valence-corrected chi connectivity index (χ1v) is 11.2. The number of rotatable bonds is 8. The molecule has 1 aliphatic rings. The van der Waals surface area contributed by atoms with Crippen LogP contribution in [0.1, 0.15) is 45.6 Å². The van der Waals surface area contributed by atoms with E-state index < -0.39 is 10.0 Å². The molecule has 6 heteroatoms. The molecule has 5 nitrogen and oxygen atoms in total. The first-order valence-electron chi connectivity index (χ1n) is 9.61. The zero-order valence-electron chi connectivity index (χ0n) is 16.1. The average molecular weight is 381 g/mol. The second-order valence-electron chi connectivity index (χ2n) is 7.64. The molecule has 1 fully saturated rings. The zero-order chi connectivity index (χ0) is 19.2. The van der Waals surface area contributed by atoms with Crippen LogP contribution in [0.4, 0.5) is 0 Å². The average Bonchev–Trinajstić information content (AvgIpc) is 2.62. The van der Waals surface area contributed by atoms with Crippen LogP contribution in [0.2, 0.25) is 0 Å². The first-order chi connectivity index (χ1) is 12.3. The Bertz CT molecular complexity index is 674.